The van der Waals surface area contributed by atoms with E-state index in [1.165, 1.54) is 0 Å². The Morgan fingerprint density at radius 2 is 1.84 bits per heavy atom. The number of nitrogens with zero attached hydrogens (tertiary/aromatic N) is 2. The summed E-state index contributed by atoms with van der Waals surface area (Å²) in [5.74, 6) is 0.192. The quantitative estimate of drug-likeness (QED) is 0.629. The largest absolute Gasteiger partial charge is 0.455 e. The van der Waals surface area contributed by atoms with E-state index in [0.717, 1.165) is 16.7 Å². The van der Waals surface area contributed by atoms with E-state index in [4.69, 9.17) is 9.26 Å². The second-order valence-electron chi connectivity index (χ2n) is 5.86. The summed E-state index contributed by atoms with van der Waals surface area (Å²) in [6, 6.07) is 17.4. The van der Waals surface area contributed by atoms with Gasteiger partial charge in [-0.15, -0.1) is 0 Å². The summed E-state index contributed by atoms with van der Waals surface area (Å²) in [7, 11) is 0. The summed E-state index contributed by atoms with van der Waals surface area (Å²) >= 11 is 0. The van der Waals surface area contributed by atoms with Crippen LogP contribution in [0.2, 0.25) is 0 Å². The lowest BCUT2D eigenvalue weighted by molar-refractivity contribution is -0.147. The zero-order valence-electron chi connectivity index (χ0n) is 14.3. The molecule has 0 N–H and O–H groups in total. The van der Waals surface area contributed by atoms with Gasteiger partial charge in [-0.2, -0.15) is 4.98 Å². The molecule has 25 heavy (non-hydrogen) atoms. The van der Waals surface area contributed by atoms with Gasteiger partial charge in [0.25, 0.3) is 5.89 Å². The summed E-state index contributed by atoms with van der Waals surface area (Å²) in [6.07, 6.45) is 0.668. The van der Waals surface area contributed by atoms with Crippen LogP contribution in [-0.2, 0) is 16.1 Å². The van der Waals surface area contributed by atoms with Crippen LogP contribution >= 0.6 is 0 Å². The molecule has 0 saturated heterocycles. The molecule has 0 saturated carbocycles. The van der Waals surface area contributed by atoms with Crippen LogP contribution in [0.5, 0.6) is 0 Å². The maximum absolute atomic E-state index is 12.4. The Labute approximate surface area is 146 Å². The molecule has 128 valence electrons. The molecule has 3 aromatic rings. The number of ether oxygens (including phenoxy) is 1. The van der Waals surface area contributed by atoms with Crippen molar-refractivity contribution in [3.8, 4) is 11.4 Å². The van der Waals surface area contributed by atoms with Gasteiger partial charge in [0.2, 0.25) is 5.82 Å². The fourth-order valence-electron chi connectivity index (χ4n) is 2.59. The third kappa shape index (κ3) is 4.12. The van der Waals surface area contributed by atoms with E-state index in [9.17, 15) is 4.79 Å². The van der Waals surface area contributed by atoms with Crippen molar-refractivity contribution in [2.45, 2.75) is 32.8 Å². The predicted molar refractivity (Wildman–Crippen MR) is 93.7 cm³/mol. The van der Waals surface area contributed by atoms with Crippen molar-refractivity contribution < 1.29 is 14.1 Å². The van der Waals surface area contributed by atoms with Gasteiger partial charge in [-0.05, 0) is 18.9 Å². The van der Waals surface area contributed by atoms with Crippen molar-refractivity contribution in [2.24, 2.45) is 0 Å². The van der Waals surface area contributed by atoms with E-state index in [1.54, 1.807) is 0 Å². The number of hydrogen-bond donors (Lipinski definition) is 0. The molecule has 0 aliphatic rings. The number of rotatable bonds is 6. The van der Waals surface area contributed by atoms with Crippen LogP contribution in [0.1, 0.15) is 36.3 Å². The van der Waals surface area contributed by atoms with Crippen LogP contribution in [0.25, 0.3) is 11.4 Å². The van der Waals surface area contributed by atoms with Gasteiger partial charge in [0, 0.05) is 5.56 Å². The molecule has 1 heterocycles. The van der Waals surface area contributed by atoms with Crippen molar-refractivity contribution in [1.82, 2.24) is 10.1 Å². The predicted octanol–water partition coefficient (Wildman–Crippen LogP) is 4.28. The summed E-state index contributed by atoms with van der Waals surface area (Å²) in [6.45, 7) is 3.95. The molecular weight excluding hydrogens is 316 g/mol. The molecule has 0 bridgehead atoms. The van der Waals surface area contributed by atoms with Crippen LogP contribution in [0.3, 0.4) is 0 Å². The smallest absolute Gasteiger partial charge is 0.313 e. The Morgan fingerprint density at radius 1 is 1.12 bits per heavy atom. The molecule has 0 amide bonds. The molecule has 5 heteroatoms. The number of benzene rings is 2. The van der Waals surface area contributed by atoms with E-state index in [2.05, 4.69) is 10.1 Å². The number of hydrogen-bond acceptors (Lipinski definition) is 5. The molecule has 1 unspecified atom stereocenters. The SMILES string of the molecule is CCC(C(=O)OCc1nc(-c2ccc(C)cc2)no1)c1ccccc1. The molecule has 0 aliphatic heterocycles. The molecule has 5 nitrogen and oxygen atoms in total. The van der Waals surface area contributed by atoms with Gasteiger partial charge in [-0.1, -0.05) is 72.2 Å². The van der Waals surface area contributed by atoms with Gasteiger partial charge in [0.15, 0.2) is 6.61 Å². The van der Waals surface area contributed by atoms with E-state index in [-0.39, 0.29) is 24.4 Å². The normalized spacial score (nSPS) is 11.9. The first-order valence-corrected chi connectivity index (χ1v) is 8.28. The van der Waals surface area contributed by atoms with Crippen LogP contribution < -0.4 is 0 Å². The Morgan fingerprint density at radius 3 is 2.52 bits per heavy atom. The fourth-order valence-corrected chi connectivity index (χ4v) is 2.59. The molecule has 1 atom stereocenters. The van der Waals surface area contributed by atoms with E-state index >= 15 is 0 Å². The number of esters is 1. The third-order valence-corrected chi connectivity index (χ3v) is 4.01. The zero-order valence-corrected chi connectivity index (χ0v) is 14.3. The highest BCUT2D eigenvalue weighted by molar-refractivity contribution is 5.78. The molecule has 1 aromatic heterocycles. The molecule has 2 aromatic carbocycles. The molecule has 0 aliphatic carbocycles. The summed E-state index contributed by atoms with van der Waals surface area (Å²) in [4.78, 5) is 16.6. The number of aryl methyl sites for hydroxylation is 1. The van der Waals surface area contributed by atoms with Gasteiger partial charge in [-0.3, -0.25) is 4.79 Å². The van der Waals surface area contributed by atoms with Crippen LogP contribution in [0, 0.1) is 6.92 Å². The first kappa shape index (κ1) is 16.9. The maximum atomic E-state index is 12.4. The van der Waals surface area contributed by atoms with Crippen molar-refractivity contribution in [2.75, 3.05) is 0 Å². The lowest BCUT2D eigenvalue weighted by Gasteiger charge is -2.13. The van der Waals surface area contributed by atoms with Gasteiger partial charge in [0.1, 0.15) is 0 Å². The van der Waals surface area contributed by atoms with Crippen molar-refractivity contribution in [1.29, 1.82) is 0 Å². The topological polar surface area (TPSA) is 65.2 Å². The summed E-state index contributed by atoms with van der Waals surface area (Å²) < 4.78 is 10.5. The maximum Gasteiger partial charge on any atom is 0.313 e. The molecule has 0 radical (unpaired) electrons. The number of aromatic nitrogens is 2. The summed E-state index contributed by atoms with van der Waals surface area (Å²) in [5.41, 5.74) is 2.97. The second-order valence-corrected chi connectivity index (χ2v) is 5.86. The lowest BCUT2D eigenvalue weighted by atomic mass is 9.97. The van der Waals surface area contributed by atoms with Crippen LogP contribution in [0.15, 0.2) is 59.1 Å². The number of carbonyl (C=O) groups excluding carboxylic acids is 1. The first-order valence-electron chi connectivity index (χ1n) is 8.28. The zero-order chi connectivity index (χ0) is 17.6. The monoisotopic (exact) mass is 336 g/mol. The van der Waals surface area contributed by atoms with E-state index in [0.29, 0.717) is 12.2 Å². The summed E-state index contributed by atoms with van der Waals surface area (Å²) in [5, 5.41) is 3.94. The average molecular weight is 336 g/mol. The average Bonchev–Trinajstić information content (AvgIpc) is 3.11. The Balaban J connectivity index is 1.63. The number of carbonyl (C=O) groups is 1. The highest BCUT2D eigenvalue weighted by Gasteiger charge is 2.21. The molecule has 3 rings (SSSR count). The van der Waals surface area contributed by atoms with Gasteiger partial charge in [-0.25, -0.2) is 0 Å². The van der Waals surface area contributed by atoms with Crippen LogP contribution in [-0.4, -0.2) is 16.1 Å². The van der Waals surface area contributed by atoms with Crippen LogP contribution in [0.4, 0.5) is 0 Å². The minimum Gasteiger partial charge on any atom is -0.455 e. The van der Waals surface area contributed by atoms with E-state index < -0.39 is 0 Å². The highest BCUT2D eigenvalue weighted by Crippen LogP contribution is 2.22. The Kier molecular flexibility index (Phi) is 5.23. The minimum absolute atomic E-state index is 0.0268. The molecule has 0 spiro atoms. The van der Waals surface area contributed by atoms with Gasteiger partial charge < -0.3 is 9.26 Å². The fraction of sp³-hybridized carbons (Fsp3) is 0.250. The van der Waals surface area contributed by atoms with E-state index in [1.807, 2.05) is 68.4 Å². The van der Waals surface area contributed by atoms with Gasteiger partial charge >= 0.3 is 5.97 Å². The van der Waals surface area contributed by atoms with Crippen molar-refractivity contribution in [3.63, 3.8) is 0 Å². The second kappa shape index (κ2) is 7.75. The van der Waals surface area contributed by atoms with Gasteiger partial charge in [0.05, 0.1) is 5.92 Å². The highest BCUT2D eigenvalue weighted by atomic mass is 16.6. The molecule has 0 fully saturated rings. The third-order valence-electron chi connectivity index (χ3n) is 4.01. The minimum atomic E-state index is -0.291. The Hall–Kier alpha value is -2.95. The first-order chi connectivity index (χ1) is 12.2. The standard InChI is InChI=1S/C20H20N2O3/c1-3-17(15-7-5-4-6-8-15)20(23)24-13-18-21-19(22-25-18)16-11-9-14(2)10-12-16/h4-12,17H,3,13H2,1-2H3. The lowest BCUT2D eigenvalue weighted by Crippen LogP contribution is -2.15. The Bertz CT molecular complexity index is 826. The van der Waals surface area contributed by atoms with Crippen molar-refractivity contribution >= 4 is 5.97 Å². The van der Waals surface area contributed by atoms with Crippen molar-refractivity contribution in [3.05, 3.63) is 71.6 Å². The molecular formula is C20H20N2O3.